The molecular formula is C10H14BrFN2O4S. The van der Waals surface area contributed by atoms with Gasteiger partial charge in [0, 0.05) is 12.2 Å². The smallest absolute Gasteiger partial charge is 0.243 e. The van der Waals surface area contributed by atoms with E-state index in [1.54, 1.807) is 0 Å². The molecular weight excluding hydrogens is 343 g/mol. The molecule has 0 amide bonds. The minimum atomic E-state index is -4.00. The Balaban J connectivity index is 2.78. The molecule has 0 aliphatic heterocycles. The molecule has 6 nitrogen and oxygen atoms in total. The number of aliphatic hydroxyl groups excluding tert-OH is 1. The fraction of sp³-hybridized carbons (Fsp3) is 0.400. The van der Waals surface area contributed by atoms with Crippen molar-refractivity contribution in [3.63, 3.8) is 0 Å². The SMILES string of the molecule is Nc1cc(Br)c(F)c(S(=O)(=O)NCCOCCO)c1. The molecule has 0 aliphatic carbocycles. The van der Waals surface area contributed by atoms with Crippen LogP contribution in [0.5, 0.6) is 0 Å². The molecule has 0 atom stereocenters. The molecule has 0 saturated carbocycles. The van der Waals surface area contributed by atoms with Gasteiger partial charge in [-0.25, -0.2) is 17.5 Å². The minimum Gasteiger partial charge on any atom is -0.399 e. The van der Waals surface area contributed by atoms with Crippen LogP contribution in [-0.4, -0.2) is 39.9 Å². The summed E-state index contributed by atoms with van der Waals surface area (Å²) >= 11 is 2.89. The highest BCUT2D eigenvalue weighted by atomic mass is 79.9. The third-order valence-electron chi connectivity index (χ3n) is 2.08. The van der Waals surface area contributed by atoms with E-state index in [0.717, 1.165) is 6.07 Å². The molecule has 0 bridgehead atoms. The van der Waals surface area contributed by atoms with Crippen molar-refractivity contribution < 1.29 is 22.7 Å². The second kappa shape index (κ2) is 7.15. The Hall–Kier alpha value is -0.740. The summed E-state index contributed by atoms with van der Waals surface area (Å²) in [6.07, 6.45) is 0. The quantitative estimate of drug-likeness (QED) is 0.486. The molecule has 4 N–H and O–H groups in total. The number of halogens is 2. The van der Waals surface area contributed by atoms with Crippen LogP contribution in [0.15, 0.2) is 21.5 Å². The number of hydrogen-bond acceptors (Lipinski definition) is 5. The fourth-order valence-electron chi connectivity index (χ4n) is 1.27. The van der Waals surface area contributed by atoms with E-state index in [9.17, 15) is 12.8 Å². The van der Waals surface area contributed by atoms with Crippen LogP contribution in [0.25, 0.3) is 0 Å². The van der Waals surface area contributed by atoms with Crippen LogP contribution in [0.3, 0.4) is 0 Å². The van der Waals surface area contributed by atoms with Gasteiger partial charge in [-0.1, -0.05) is 0 Å². The number of rotatable bonds is 7. The van der Waals surface area contributed by atoms with Gasteiger partial charge < -0.3 is 15.6 Å². The Morgan fingerprint density at radius 1 is 1.42 bits per heavy atom. The third-order valence-corrected chi connectivity index (χ3v) is 4.12. The normalized spacial score (nSPS) is 11.7. The highest BCUT2D eigenvalue weighted by molar-refractivity contribution is 9.10. The first-order valence-electron chi connectivity index (χ1n) is 5.31. The topological polar surface area (TPSA) is 102 Å². The van der Waals surface area contributed by atoms with E-state index in [1.165, 1.54) is 6.07 Å². The van der Waals surface area contributed by atoms with Crippen LogP contribution in [0.4, 0.5) is 10.1 Å². The Labute approximate surface area is 118 Å². The van der Waals surface area contributed by atoms with Gasteiger partial charge in [-0.15, -0.1) is 0 Å². The average molecular weight is 357 g/mol. The molecule has 0 radical (unpaired) electrons. The van der Waals surface area contributed by atoms with Gasteiger partial charge in [0.1, 0.15) is 4.90 Å². The van der Waals surface area contributed by atoms with Crippen molar-refractivity contribution in [1.29, 1.82) is 0 Å². The van der Waals surface area contributed by atoms with E-state index in [2.05, 4.69) is 20.7 Å². The molecule has 0 fully saturated rings. The maximum absolute atomic E-state index is 13.7. The van der Waals surface area contributed by atoms with Crippen LogP contribution in [-0.2, 0) is 14.8 Å². The van der Waals surface area contributed by atoms with Crippen molar-refractivity contribution in [3.8, 4) is 0 Å². The molecule has 0 spiro atoms. The van der Waals surface area contributed by atoms with Crippen molar-refractivity contribution in [3.05, 3.63) is 22.4 Å². The molecule has 0 aromatic heterocycles. The number of ether oxygens (including phenoxy) is 1. The first-order chi connectivity index (χ1) is 8.88. The van der Waals surface area contributed by atoms with E-state index in [-0.39, 0.29) is 36.5 Å². The van der Waals surface area contributed by atoms with Gasteiger partial charge in [-0.05, 0) is 28.1 Å². The highest BCUT2D eigenvalue weighted by Gasteiger charge is 2.21. The lowest BCUT2D eigenvalue weighted by Crippen LogP contribution is -2.28. The fourth-order valence-corrected chi connectivity index (χ4v) is 3.03. The van der Waals surface area contributed by atoms with Gasteiger partial charge in [-0.2, -0.15) is 0 Å². The number of nitrogen functional groups attached to an aromatic ring is 1. The molecule has 1 rings (SSSR count). The van der Waals surface area contributed by atoms with Gasteiger partial charge in [0.15, 0.2) is 5.82 Å². The van der Waals surface area contributed by atoms with E-state index >= 15 is 0 Å². The van der Waals surface area contributed by atoms with Gasteiger partial charge in [0.25, 0.3) is 0 Å². The Morgan fingerprint density at radius 2 is 2.11 bits per heavy atom. The van der Waals surface area contributed by atoms with E-state index in [0.29, 0.717) is 0 Å². The highest BCUT2D eigenvalue weighted by Crippen LogP contribution is 2.25. The standard InChI is InChI=1S/C10H14BrFN2O4S/c11-8-5-7(13)6-9(10(8)12)19(16,17)14-1-3-18-4-2-15/h5-6,14-15H,1-4,13H2. The van der Waals surface area contributed by atoms with Crippen LogP contribution in [0, 0.1) is 5.82 Å². The zero-order chi connectivity index (χ0) is 14.5. The van der Waals surface area contributed by atoms with Crippen LogP contribution >= 0.6 is 15.9 Å². The predicted octanol–water partition coefficient (Wildman–Crippen LogP) is 0.458. The molecule has 0 unspecified atom stereocenters. The van der Waals surface area contributed by atoms with E-state index < -0.39 is 20.7 Å². The number of aliphatic hydroxyl groups is 1. The lowest BCUT2D eigenvalue weighted by molar-refractivity contribution is 0.0961. The molecule has 9 heteroatoms. The predicted molar refractivity (Wildman–Crippen MR) is 71.6 cm³/mol. The van der Waals surface area contributed by atoms with Crippen LogP contribution < -0.4 is 10.5 Å². The van der Waals surface area contributed by atoms with Crippen molar-refractivity contribution in [2.45, 2.75) is 4.90 Å². The van der Waals surface area contributed by atoms with E-state index in [1.807, 2.05) is 0 Å². The van der Waals surface area contributed by atoms with Crippen molar-refractivity contribution in [2.24, 2.45) is 0 Å². The van der Waals surface area contributed by atoms with Crippen molar-refractivity contribution >= 4 is 31.6 Å². The molecule has 19 heavy (non-hydrogen) atoms. The Bertz CT molecular complexity index is 539. The second-order valence-corrected chi connectivity index (χ2v) is 6.14. The summed E-state index contributed by atoms with van der Waals surface area (Å²) in [4.78, 5) is -0.526. The number of nitrogens with one attached hydrogen (secondary N) is 1. The average Bonchev–Trinajstić information content (AvgIpc) is 2.33. The summed E-state index contributed by atoms with van der Waals surface area (Å²) in [5.41, 5.74) is 5.61. The van der Waals surface area contributed by atoms with Crippen molar-refractivity contribution in [1.82, 2.24) is 4.72 Å². The largest absolute Gasteiger partial charge is 0.399 e. The lowest BCUT2D eigenvalue weighted by Gasteiger charge is -2.09. The van der Waals surface area contributed by atoms with Crippen LogP contribution in [0.2, 0.25) is 0 Å². The number of benzene rings is 1. The summed E-state index contributed by atoms with van der Waals surface area (Å²) in [5, 5.41) is 8.47. The minimum absolute atomic E-state index is 0.0237. The third kappa shape index (κ3) is 4.69. The molecule has 1 aromatic carbocycles. The maximum atomic E-state index is 13.7. The Morgan fingerprint density at radius 3 is 2.74 bits per heavy atom. The monoisotopic (exact) mass is 356 g/mol. The van der Waals surface area contributed by atoms with E-state index in [4.69, 9.17) is 15.6 Å². The summed E-state index contributed by atoms with van der Waals surface area (Å²) < 4.78 is 44.5. The number of nitrogens with two attached hydrogens (primary N) is 1. The molecule has 108 valence electrons. The first-order valence-corrected chi connectivity index (χ1v) is 7.59. The lowest BCUT2D eigenvalue weighted by atomic mass is 10.3. The number of sulfonamides is 1. The van der Waals surface area contributed by atoms with Crippen molar-refractivity contribution in [2.75, 3.05) is 32.1 Å². The van der Waals surface area contributed by atoms with Gasteiger partial charge in [-0.3, -0.25) is 0 Å². The zero-order valence-corrected chi connectivity index (χ0v) is 12.3. The molecule has 0 heterocycles. The van der Waals surface area contributed by atoms with Gasteiger partial charge >= 0.3 is 0 Å². The van der Waals surface area contributed by atoms with Gasteiger partial charge in [0.2, 0.25) is 10.0 Å². The van der Waals surface area contributed by atoms with Crippen LogP contribution in [0.1, 0.15) is 0 Å². The summed E-state index contributed by atoms with van der Waals surface area (Å²) in [6.45, 7) is 0.00253. The summed E-state index contributed by atoms with van der Waals surface area (Å²) in [5.74, 6) is -0.905. The maximum Gasteiger partial charge on any atom is 0.243 e. The molecule has 1 aromatic rings. The second-order valence-electron chi connectivity index (χ2n) is 3.55. The number of anilines is 1. The number of hydrogen-bond donors (Lipinski definition) is 3. The Kier molecular flexibility index (Phi) is 6.14. The molecule has 0 aliphatic rings. The molecule has 0 saturated heterocycles. The van der Waals surface area contributed by atoms with Gasteiger partial charge in [0.05, 0.1) is 24.3 Å². The summed E-state index contributed by atoms with van der Waals surface area (Å²) in [7, 11) is -4.00. The zero-order valence-electron chi connectivity index (χ0n) is 9.90. The summed E-state index contributed by atoms with van der Waals surface area (Å²) in [6, 6.07) is 2.32. The first kappa shape index (κ1) is 16.3.